The van der Waals surface area contributed by atoms with Gasteiger partial charge in [0.2, 0.25) is 0 Å². The van der Waals surface area contributed by atoms with Crippen LogP contribution in [0, 0.1) is 0 Å². The molecule has 7 aromatic carbocycles. The van der Waals surface area contributed by atoms with E-state index in [-0.39, 0.29) is 0 Å². The molecule has 1 heteroatoms. The molecule has 0 saturated carbocycles. The van der Waals surface area contributed by atoms with E-state index in [1.165, 1.54) is 88.6 Å². The van der Waals surface area contributed by atoms with Crippen LogP contribution in [0.4, 0.5) is 0 Å². The molecular weight excluding hydrogens is 687 g/mol. The van der Waals surface area contributed by atoms with Crippen molar-refractivity contribution in [3.63, 3.8) is 0 Å². The predicted octanol–water partition coefficient (Wildman–Crippen LogP) is 15.3. The molecule has 0 atom stereocenters. The van der Waals surface area contributed by atoms with E-state index in [1.807, 2.05) is 0 Å². The van der Waals surface area contributed by atoms with Gasteiger partial charge in [-0.25, -0.2) is 0 Å². The summed E-state index contributed by atoms with van der Waals surface area (Å²) in [7, 11) is 0. The fraction of sp³-hybridized carbons (Fsp3) is 0.0357. The van der Waals surface area contributed by atoms with Crippen LogP contribution in [-0.2, 0) is 0 Å². The minimum Gasteiger partial charge on any atom is -0.309 e. The number of rotatable bonds is 7. The number of allylic oxidation sites excluding steroid dienone is 12. The van der Waals surface area contributed by atoms with Crippen molar-refractivity contribution >= 4 is 33.0 Å². The Morgan fingerprint density at radius 1 is 0.351 bits per heavy atom. The highest BCUT2D eigenvalue weighted by molar-refractivity contribution is 6.12. The number of benzene rings is 7. The molecule has 0 fully saturated rings. The second-order valence-electron chi connectivity index (χ2n) is 14.9. The second-order valence-corrected chi connectivity index (χ2v) is 14.9. The fourth-order valence-electron chi connectivity index (χ4n) is 8.34. The van der Waals surface area contributed by atoms with Crippen LogP contribution in [0.5, 0.6) is 0 Å². The van der Waals surface area contributed by atoms with Crippen molar-refractivity contribution in [2.45, 2.75) is 12.8 Å². The highest BCUT2D eigenvalue weighted by Crippen LogP contribution is 2.40. The van der Waals surface area contributed by atoms with Crippen LogP contribution in [0.2, 0.25) is 0 Å². The van der Waals surface area contributed by atoms with E-state index in [0.29, 0.717) is 0 Å². The molecule has 0 aliphatic heterocycles. The minimum absolute atomic E-state index is 0.897. The summed E-state index contributed by atoms with van der Waals surface area (Å²) in [6, 6.07) is 60.4. The number of fused-ring (bicyclic) bond motifs is 3. The number of para-hydroxylation sites is 1. The summed E-state index contributed by atoms with van der Waals surface area (Å²) >= 11 is 0. The summed E-state index contributed by atoms with van der Waals surface area (Å²) in [5, 5.41) is 2.47. The predicted molar refractivity (Wildman–Crippen MR) is 244 cm³/mol. The van der Waals surface area contributed by atoms with E-state index in [4.69, 9.17) is 0 Å². The van der Waals surface area contributed by atoms with Gasteiger partial charge in [-0.1, -0.05) is 152 Å². The lowest BCUT2D eigenvalue weighted by atomic mass is 9.91. The van der Waals surface area contributed by atoms with Crippen molar-refractivity contribution in [1.29, 1.82) is 0 Å². The molecular formula is C56H41N. The largest absolute Gasteiger partial charge is 0.309 e. The summed E-state index contributed by atoms with van der Waals surface area (Å²) in [4.78, 5) is 0. The maximum Gasteiger partial charge on any atom is 0.0541 e. The molecule has 0 bridgehead atoms. The lowest BCUT2D eigenvalue weighted by Crippen LogP contribution is -1.93. The number of hydrogen-bond acceptors (Lipinski definition) is 0. The molecule has 8 aromatic rings. The molecule has 0 radical (unpaired) electrons. The molecule has 1 heterocycles. The summed E-state index contributed by atoms with van der Waals surface area (Å²) in [6.07, 6.45) is 23.8. The molecule has 1 nitrogen and oxygen atoms in total. The third-order valence-corrected chi connectivity index (χ3v) is 11.2. The van der Waals surface area contributed by atoms with Crippen LogP contribution in [0.3, 0.4) is 0 Å². The topological polar surface area (TPSA) is 4.93 Å². The minimum atomic E-state index is 0.897. The average molecular weight is 728 g/mol. The first kappa shape index (κ1) is 34.3. The highest BCUT2D eigenvalue weighted by atomic mass is 15.0. The molecule has 0 saturated heterocycles. The molecule has 270 valence electrons. The molecule has 0 spiro atoms. The Hall–Kier alpha value is -7.22. The van der Waals surface area contributed by atoms with Gasteiger partial charge in [-0.2, -0.15) is 0 Å². The Bertz CT molecular complexity index is 2970. The molecule has 10 rings (SSSR count). The lowest BCUT2D eigenvalue weighted by Gasteiger charge is -2.13. The average Bonchev–Trinajstić information content (AvgIpc) is 3.55. The Balaban J connectivity index is 1.18. The van der Waals surface area contributed by atoms with Gasteiger partial charge in [-0.15, -0.1) is 0 Å². The van der Waals surface area contributed by atoms with Crippen molar-refractivity contribution in [1.82, 2.24) is 4.57 Å². The summed E-state index contributed by atoms with van der Waals surface area (Å²) in [6.45, 7) is 0. The zero-order chi connectivity index (χ0) is 38.0. The van der Waals surface area contributed by atoms with Gasteiger partial charge >= 0.3 is 0 Å². The van der Waals surface area contributed by atoms with Crippen LogP contribution in [0.15, 0.2) is 225 Å². The van der Waals surface area contributed by atoms with Crippen molar-refractivity contribution in [3.8, 4) is 50.2 Å². The van der Waals surface area contributed by atoms with Crippen molar-refractivity contribution < 1.29 is 0 Å². The van der Waals surface area contributed by atoms with E-state index in [9.17, 15) is 0 Å². The third kappa shape index (κ3) is 6.86. The maximum atomic E-state index is 2.42. The first-order chi connectivity index (χ1) is 28.2. The number of aromatic nitrogens is 1. The molecule has 2 aliphatic carbocycles. The first-order valence-electron chi connectivity index (χ1n) is 19.9. The Labute approximate surface area is 334 Å². The van der Waals surface area contributed by atoms with Gasteiger partial charge in [0.25, 0.3) is 0 Å². The Morgan fingerprint density at radius 2 is 0.895 bits per heavy atom. The van der Waals surface area contributed by atoms with Gasteiger partial charge in [0, 0.05) is 16.5 Å². The number of hydrogen-bond donors (Lipinski definition) is 0. The molecule has 0 unspecified atom stereocenters. The van der Waals surface area contributed by atoms with Gasteiger partial charge in [0.1, 0.15) is 0 Å². The first-order valence-corrected chi connectivity index (χ1v) is 19.9. The van der Waals surface area contributed by atoms with E-state index < -0.39 is 0 Å². The normalized spacial score (nSPS) is 13.8. The highest BCUT2D eigenvalue weighted by Gasteiger charge is 2.17. The lowest BCUT2D eigenvalue weighted by molar-refractivity contribution is 1.18. The molecule has 1 aromatic heterocycles. The fourth-order valence-corrected chi connectivity index (χ4v) is 8.34. The maximum absolute atomic E-state index is 2.42. The summed E-state index contributed by atoms with van der Waals surface area (Å²) in [5.74, 6) is 0. The van der Waals surface area contributed by atoms with Crippen molar-refractivity contribution in [2.75, 3.05) is 0 Å². The molecule has 0 N–H and O–H groups in total. The van der Waals surface area contributed by atoms with Crippen LogP contribution in [-0.4, -0.2) is 4.57 Å². The Morgan fingerprint density at radius 3 is 1.51 bits per heavy atom. The van der Waals surface area contributed by atoms with Crippen molar-refractivity contribution in [3.05, 3.63) is 236 Å². The van der Waals surface area contributed by atoms with Gasteiger partial charge in [-0.05, 0) is 152 Å². The zero-order valence-corrected chi connectivity index (χ0v) is 31.7. The van der Waals surface area contributed by atoms with E-state index in [0.717, 1.165) is 18.5 Å². The van der Waals surface area contributed by atoms with Gasteiger partial charge < -0.3 is 4.57 Å². The standard InChI is InChI=1S/C56H41N/c1-2-9-19-40(18-8-1)46-32-48(42-22-12-5-13-23-42)36-50(34-46)44-28-30-55-53(38-44)54-39-45(29-31-56(54)57(55)52-26-16-7-17-27-52)51-35-47(41-20-10-3-4-11-21-41)33-49(37-51)43-24-14-6-15-25-43/h1-3,5-18,20-39H,4,19H2. The molecule has 57 heavy (non-hydrogen) atoms. The van der Waals surface area contributed by atoms with Crippen LogP contribution >= 0.6 is 0 Å². The third-order valence-electron chi connectivity index (χ3n) is 11.2. The Kier molecular flexibility index (Phi) is 9.10. The second kappa shape index (κ2) is 15.1. The quantitative estimate of drug-likeness (QED) is 0.154. The van der Waals surface area contributed by atoms with Gasteiger partial charge in [0.05, 0.1) is 11.0 Å². The SMILES string of the molecule is C1=CC=C(c2cc(-c3ccccc3)cc(-c3ccc4c(c3)c3cc(-c5cc(C6=CC=CCC=C6)cc(-c6ccccc6)c5)ccc3n4-c3ccccc3)c2)CC=C1. The smallest absolute Gasteiger partial charge is 0.0541 e. The summed E-state index contributed by atoms with van der Waals surface area (Å²) in [5.41, 5.74) is 18.2. The number of nitrogens with zero attached hydrogens (tertiary/aromatic N) is 1. The zero-order valence-electron chi connectivity index (χ0n) is 31.7. The van der Waals surface area contributed by atoms with Crippen molar-refractivity contribution in [2.24, 2.45) is 0 Å². The van der Waals surface area contributed by atoms with Gasteiger partial charge in [0.15, 0.2) is 0 Å². The summed E-state index contributed by atoms with van der Waals surface area (Å²) < 4.78 is 2.42. The molecule has 0 amide bonds. The van der Waals surface area contributed by atoms with Crippen LogP contribution in [0.1, 0.15) is 24.0 Å². The van der Waals surface area contributed by atoms with Gasteiger partial charge in [-0.3, -0.25) is 0 Å². The monoisotopic (exact) mass is 727 g/mol. The van der Waals surface area contributed by atoms with Crippen LogP contribution in [0.25, 0.3) is 83.1 Å². The van der Waals surface area contributed by atoms with E-state index >= 15 is 0 Å². The van der Waals surface area contributed by atoms with E-state index in [2.05, 4.69) is 229 Å². The van der Waals surface area contributed by atoms with E-state index in [1.54, 1.807) is 0 Å². The van der Waals surface area contributed by atoms with Crippen LogP contribution < -0.4 is 0 Å². The molecule has 2 aliphatic rings.